The SMILES string of the molecule is CCn1nc(C)cc1C(=O)Cc1nc2cc(C(=O)OC)cnc2n1C/C=C/Cn1c(NC(=O)c2cc(C)nn2CC)nc2cc(C(=O)OC)cnc21. The van der Waals surface area contributed by atoms with Crippen LogP contribution in [0.4, 0.5) is 5.95 Å². The Morgan fingerprint density at radius 1 is 0.731 bits per heavy atom. The van der Waals surface area contributed by atoms with E-state index in [0.717, 1.165) is 5.69 Å². The maximum absolute atomic E-state index is 13.5. The molecule has 1 N–H and O–H groups in total. The monoisotopic (exact) mass is 707 g/mol. The van der Waals surface area contributed by atoms with Gasteiger partial charge in [0.15, 0.2) is 17.1 Å². The van der Waals surface area contributed by atoms with Gasteiger partial charge < -0.3 is 14.0 Å². The number of Topliss-reactive ketones (excluding diaryl/α,β-unsaturated/α-hetero) is 1. The number of nitrogens with one attached hydrogen (secondary N) is 1. The Bertz CT molecular complexity index is 2210. The van der Waals surface area contributed by atoms with Gasteiger partial charge in [0.1, 0.15) is 28.2 Å². The van der Waals surface area contributed by atoms with E-state index in [9.17, 15) is 19.2 Å². The number of aromatic nitrogens is 10. The van der Waals surface area contributed by atoms with Gasteiger partial charge in [-0.3, -0.25) is 28.8 Å². The number of carbonyl (C=O) groups excluding carboxylic acids is 4. The van der Waals surface area contributed by atoms with Crippen LogP contribution in [-0.4, -0.2) is 86.5 Å². The molecule has 0 saturated heterocycles. The number of allylic oxidation sites excluding steroid dienone is 2. The maximum Gasteiger partial charge on any atom is 0.339 e. The fraction of sp³-hybridized carbons (Fsp3) is 0.314. The van der Waals surface area contributed by atoms with E-state index in [-0.39, 0.29) is 42.4 Å². The highest BCUT2D eigenvalue weighted by molar-refractivity contribution is 6.03. The number of amides is 1. The summed E-state index contributed by atoms with van der Waals surface area (Å²) in [6.45, 7) is 8.95. The van der Waals surface area contributed by atoms with Gasteiger partial charge in [0.25, 0.3) is 5.91 Å². The summed E-state index contributed by atoms with van der Waals surface area (Å²) in [7, 11) is 2.56. The molecule has 0 aromatic carbocycles. The van der Waals surface area contributed by atoms with Gasteiger partial charge in [-0.25, -0.2) is 29.5 Å². The molecule has 268 valence electrons. The van der Waals surface area contributed by atoms with Crippen LogP contribution in [0.5, 0.6) is 0 Å². The molecule has 0 saturated carbocycles. The summed E-state index contributed by atoms with van der Waals surface area (Å²) in [5.41, 5.74) is 4.41. The Labute approximate surface area is 297 Å². The van der Waals surface area contributed by atoms with E-state index in [2.05, 4.69) is 30.5 Å². The summed E-state index contributed by atoms with van der Waals surface area (Å²) in [6, 6.07) is 6.56. The van der Waals surface area contributed by atoms with Crippen LogP contribution >= 0.6 is 0 Å². The molecular formula is C35H37N11O6. The predicted molar refractivity (Wildman–Crippen MR) is 188 cm³/mol. The molecule has 6 rings (SSSR count). The average molecular weight is 708 g/mol. The normalized spacial score (nSPS) is 11.5. The lowest BCUT2D eigenvalue weighted by Gasteiger charge is -2.09. The van der Waals surface area contributed by atoms with Crippen LogP contribution in [0.25, 0.3) is 22.3 Å². The van der Waals surface area contributed by atoms with Crippen molar-refractivity contribution in [3.05, 3.63) is 88.5 Å². The highest BCUT2D eigenvalue weighted by Gasteiger charge is 2.22. The number of fused-ring (bicyclic) bond motifs is 2. The van der Waals surface area contributed by atoms with E-state index >= 15 is 0 Å². The highest BCUT2D eigenvalue weighted by Crippen LogP contribution is 2.22. The zero-order valence-electron chi connectivity index (χ0n) is 29.6. The zero-order chi connectivity index (χ0) is 37.1. The lowest BCUT2D eigenvalue weighted by molar-refractivity contribution is 0.0591. The van der Waals surface area contributed by atoms with Gasteiger partial charge in [0.2, 0.25) is 5.95 Å². The van der Waals surface area contributed by atoms with Crippen molar-refractivity contribution < 1.29 is 28.7 Å². The Kier molecular flexibility index (Phi) is 10.0. The molecular weight excluding hydrogens is 670 g/mol. The van der Waals surface area contributed by atoms with Gasteiger partial charge in [-0.2, -0.15) is 10.2 Å². The van der Waals surface area contributed by atoms with Crippen LogP contribution in [0.2, 0.25) is 0 Å². The Morgan fingerprint density at radius 3 is 1.83 bits per heavy atom. The summed E-state index contributed by atoms with van der Waals surface area (Å²) < 4.78 is 16.5. The Balaban J connectivity index is 1.33. The van der Waals surface area contributed by atoms with Crippen LogP contribution in [0.15, 0.2) is 48.8 Å². The molecule has 17 nitrogen and oxygen atoms in total. The molecule has 0 atom stereocenters. The number of carbonyl (C=O) groups is 4. The Morgan fingerprint density at radius 2 is 1.25 bits per heavy atom. The van der Waals surface area contributed by atoms with Crippen LogP contribution in [0.1, 0.15) is 72.8 Å². The van der Waals surface area contributed by atoms with Crippen molar-refractivity contribution in [1.82, 2.24) is 48.6 Å². The fourth-order valence-electron chi connectivity index (χ4n) is 5.86. The number of nitrogens with zero attached hydrogens (tertiary/aromatic N) is 10. The first kappa shape index (κ1) is 35.3. The van der Waals surface area contributed by atoms with Crippen LogP contribution < -0.4 is 5.32 Å². The molecule has 0 radical (unpaired) electrons. The number of methoxy groups -OCH3 is 2. The molecule has 52 heavy (non-hydrogen) atoms. The van der Waals surface area contributed by atoms with Crippen LogP contribution in [0, 0.1) is 13.8 Å². The van der Waals surface area contributed by atoms with Gasteiger partial charge in [-0.1, -0.05) is 12.2 Å². The minimum absolute atomic E-state index is 0.0362. The predicted octanol–water partition coefficient (Wildman–Crippen LogP) is 3.73. The van der Waals surface area contributed by atoms with Crippen molar-refractivity contribution in [2.75, 3.05) is 19.5 Å². The third kappa shape index (κ3) is 6.92. The van der Waals surface area contributed by atoms with Crippen molar-refractivity contribution >= 4 is 51.9 Å². The number of hydrogen-bond acceptors (Lipinski definition) is 12. The summed E-state index contributed by atoms with van der Waals surface area (Å²) in [5, 5.41) is 11.6. The van der Waals surface area contributed by atoms with Gasteiger partial charge in [-0.15, -0.1) is 0 Å². The fourth-order valence-corrected chi connectivity index (χ4v) is 5.86. The van der Waals surface area contributed by atoms with Crippen molar-refractivity contribution in [1.29, 1.82) is 0 Å². The lowest BCUT2D eigenvalue weighted by Crippen LogP contribution is -2.20. The first-order valence-corrected chi connectivity index (χ1v) is 16.5. The quantitative estimate of drug-likeness (QED) is 0.104. The van der Waals surface area contributed by atoms with E-state index in [4.69, 9.17) is 14.5 Å². The van der Waals surface area contributed by atoms with Gasteiger partial charge in [0, 0.05) is 38.6 Å². The summed E-state index contributed by atoms with van der Waals surface area (Å²) >= 11 is 0. The first-order valence-electron chi connectivity index (χ1n) is 16.5. The third-order valence-electron chi connectivity index (χ3n) is 8.30. The lowest BCUT2D eigenvalue weighted by atomic mass is 10.2. The molecule has 0 aliphatic carbocycles. The van der Waals surface area contributed by atoms with Crippen LogP contribution in [-0.2, 0) is 42.1 Å². The van der Waals surface area contributed by atoms with E-state index in [0.29, 0.717) is 58.3 Å². The van der Waals surface area contributed by atoms with Gasteiger partial charge >= 0.3 is 11.9 Å². The largest absolute Gasteiger partial charge is 0.465 e. The van der Waals surface area contributed by atoms with Gasteiger partial charge in [-0.05, 0) is 52.0 Å². The standard InChI is InChI=1S/C35H37N11O6/c1-7-45-26(13-20(3)41-45)28(47)17-29-38-24-15-22(33(49)51-5)18-36-30(24)43(29)11-9-10-12-44-31-25(16-23(19-37-31)34(50)52-6)39-35(44)40-32(48)27-14-21(4)42-46(27)8-2/h9-10,13-16,18-19H,7-8,11-12,17H2,1-6H3,(H,39,40,48)/b10-9+. The number of ether oxygens (including phenoxy) is 2. The number of esters is 2. The number of anilines is 1. The molecule has 17 heteroatoms. The minimum Gasteiger partial charge on any atom is -0.465 e. The first-order chi connectivity index (χ1) is 25.0. The third-order valence-corrected chi connectivity index (χ3v) is 8.30. The average Bonchev–Trinajstić information content (AvgIpc) is 3.90. The zero-order valence-corrected chi connectivity index (χ0v) is 29.6. The van der Waals surface area contributed by atoms with Gasteiger partial charge in [0.05, 0.1) is 43.2 Å². The highest BCUT2D eigenvalue weighted by atomic mass is 16.5. The number of ketones is 1. The van der Waals surface area contributed by atoms with Crippen molar-refractivity contribution in [3.8, 4) is 0 Å². The summed E-state index contributed by atoms with van der Waals surface area (Å²) in [5.74, 6) is -1.05. The topological polar surface area (TPSA) is 196 Å². The number of rotatable bonds is 13. The second-order valence-electron chi connectivity index (χ2n) is 11.8. The van der Waals surface area contributed by atoms with Crippen molar-refractivity contribution in [3.63, 3.8) is 0 Å². The van der Waals surface area contributed by atoms with E-state index < -0.39 is 17.8 Å². The smallest absolute Gasteiger partial charge is 0.339 e. The maximum atomic E-state index is 13.5. The molecule has 0 unspecified atom stereocenters. The Hall–Kier alpha value is -6.52. The number of pyridine rings is 2. The number of aryl methyl sites for hydroxylation is 4. The molecule has 0 aliphatic rings. The second-order valence-corrected chi connectivity index (χ2v) is 11.8. The summed E-state index contributed by atoms with van der Waals surface area (Å²) in [4.78, 5) is 69.6. The molecule has 1 amide bonds. The van der Waals surface area contributed by atoms with E-state index in [1.165, 1.54) is 26.6 Å². The van der Waals surface area contributed by atoms with E-state index in [1.807, 2.05) is 32.9 Å². The molecule has 0 fully saturated rings. The van der Waals surface area contributed by atoms with Crippen molar-refractivity contribution in [2.24, 2.45) is 0 Å². The van der Waals surface area contributed by atoms with E-state index in [1.54, 1.807) is 49.7 Å². The molecule has 0 spiro atoms. The molecule has 0 aliphatic heterocycles. The summed E-state index contributed by atoms with van der Waals surface area (Å²) in [6.07, 6.45) is 6.47. The molecule has 6 aromatic rings. The second kappa shape index (κ2) is 14.8. The molecule has 6 aromatic heterocycles. The molecule has 0 bridgehead atoms. The molecule has 6 heterocycles. The van der Waals surface area contributed by atoms with Crippen LogP contribution in [0.3, 0.4) is 0 Å². The minimum atomic E-state index is -0.569. The number of hydrogen-bond donors (Lipinski definition) is 1. The number of imidazole rings is 2. The van der Waals surface area contributed by atoms with Crippen molar-refractivity contribution in [2.45, 2.75) is 60.3 Å².